The standard InChI is InChI=1S/C18H19ClN2O2/c1-12-11-15(19)5-8-17(12)21-18(23)9-10-20-16-6-3-14(4-7-16)13(2)22/h3-8,11,20H,9-10H2,1-2H3,(H,21,23). The molecule has 2 aromatic rings. The minimum atomic E-state index is -0.0664. The molecule has 2 N–H and O–H groups in total. The number of aryl methyl sites for hydroxylation is 1. The molecule has 0 aliphatic rings. The Morgan fingerprint density at radius 1 is 1.09 bits per heavy atom. The molecule has 5 heteroatoms. The van der Waals surface area contributed by atoms with Crippen molar-refractivity contribution in [3.8, 4) is 0 Å². The fraction of sp³-hybridized carbons (Fsp3) is 0.222. The Bertz CT molecular complexity index is 711. The Labute approximate surface area is 140 Å². The van der Waals surface area contributed by atoms with E-state index < -0.39 is 0 Å². The van der Waals surface area contributed by atoms with Crippen molar-refractivity contribution in [2.45, 2.75) is 20.3 Å². The van der Waals surface area contributed by atoms with Crippen molar-refractivity contribution < 1.29 is 9.59 Å². The number of Topliss-reactive ketones (excluding diaryl/α,β-unsaturated/α-hetero) is 1. The highest BCUT2D eigenvalue weighted by Crippen LogP contribution is 2.19. The zero-order chi connectivity index (χ0) is 16.8. The maximum Gasteiger partial charge on any atom is 0.226 e. The molecule has 120 valence electrons. The first-order valence-corrected chi connectivity index (χ1v) is 7.74. The van der Waals surface area contributed by atoms with Gasteiger partial charge in [-0.15, -0.1) is 0 Å². The molecule has 0 saturated carbocycles. The number of halogens is 1. The van der Waals surface area contributed by atoms with Gasteiger partial charge in [0, 0.05) is 34.9 Å². The lowest BCUT2D eigenvalue weighted by Gasteiger charge is -2.10. The molecule has 0 atom stereocenters. The molecule has 0 heterocycles. The lowest BCUT2D eigenvalue weighted by atomic mass is 10.1. The van der Waals surface area contributed by atoms with E-state index in [2.05, 4.69) is 10.6 Å². The third kappa shape index (κ3) is 5.11. The van der Waals surface area contributed by atoms with Gasteiger partial charge in [-0.2, -0.15) is 0 Å². The highest BCUT2D eigenvalue weighted by molar-refractivity contribution is 6.30. The van der Waals surface area contributed by atoms with Crippen LogP contribution in [0.3, 0.4) is 0 Å². The van der Waals surface area contributed by atoms with E-state index in [1.54, 1.807) is 24.3 Å². The third-order valence-corrected chi connectivity index (χ3v) is 3.67. The first-order chi connectivity index (χ1) is 11.0. The molecule has 0 spiro atoms. The van der Waals surface area contributed by atoms with E-state index in [4.69, 9.17) is 11.6 Å². The van der Waals surface area contributed by atoms with Crippen LogP contribution in [0.2, 0.25) is 5.02 Å². The molecule has 0 radical (unpaired) electrons. The molecule has 2 aromatic carbocycles. The van der Waals surface area contributed by atoms with E-state index in [9.17, 15) is 9.59 Å². The van der Waals surface area contributed by atoms with Gasteiger partial charge in [0.2, 0.25) is 5.91 Å². The van der Waals surface area contributed by atoms with Gasteiger partial charge < -0.3 is 10.6 Å². The van der Waals surface area contributed by atoms with Crippen LogP contribution in [0, 0.1) is 6.92 Å². The van der Waals surface area contributed by atoms with Crippen LogP contribution in [-0.4, -0.2) is 18.2 Å². The number of anilines is 2. The number of amides is 1. The molecule has 0 aromatic heterocycles. The molecule has 0 bridgehead atoms. The molecule has 0 saturated heterocycles. The fourth-order valence-electron chi connectivity index (χ4n) is 2.12. The van der Waals surface area contributed by atoms with Gasteiger partial charge in [-0.05, 0) is 61.9 Å². The van der Waals surface area contributed by atoms with Gasteiger partial charge in [0.25, 0.3) is 0 Å². The Morgan fingerprint density at radius 3 is 2.39 bits per heavy atom. The van der Waals surface area contributed by atoms with Gasteiger partial charge in [0.1, 0.15) is 0 Å². The Kier molecular flexibility index (Phi) is 5.77. The number of ketones is 1. The maximum absolute atomic E-state index is 12.0. The van der Waals surface area contributed by atoms with Gasteiger partial charge in [-0.1, -0.05) is 11.6 Å². The van der Waals surface area contributed by atoms with Gasteiger partial charge in [-0.3, -0.25) is 9.59 Å². The second-order valence-electron chi connectivity index (χ2n) is 5.32. The summed E-state index contributed by atoms with van der Waals surface area (Å²) in [7, 11) is 0. The van der Waals surface area contributed by atoms with Crippen molar-refractivity contribution in [3.63, 3.8) is 0 Å². The largest absolute Gasteiger partial charge is 0.385 e. The summed E-state index contributed by atoms with van der Waals surface area (Å²) in [6, 6.07) is 12.5. The molecular weight excluding hydrogens is 312 g/mol. The van der Waals surface area contributed by atoms with E-state index in [0.29, 0.717) is 23.6 Å². The number of hydrogen-bond acceptors (Lipinski definition) is 3. The van der Waals surface area contributed by atoms with Crippen LogP contribution in [0.4, 0.5) is 11.4 Å². The van der Waals surface area contributed by atoms with E-state index >= 15 is 0 Å². The average molecular weight is 331 g/mol. The van der Waals surface area contributed by atoms with Crippen molar-refractivity contribution in [1.29, 1.82) is 0 Å². The Balaban J connectivity index is 1.81. The van der Waals surface area contributed by atoms with Crippen LogP contribution >= 0.6 is 11.6 Å². The predicted octanol–water partition coefficient (Wildman–Crippen LogP) is 4.29. The first-order valence-electron chi connectivity index (χ1n) is 7.36. The lowest BCUT2D eigenvalue weighted by Crippen LogP contribution is -2.16. The zero-order valence-electron chi connectivity index (χ0n) is 13.2. The van der Waals surface area contributed by atoms with Crippen molar-refractivity contribution in [2.75, 3.05) is 17.2 Å². The second kappa shape index (κ2) is 7.79. The van der Waals surface area contributed by atoms with Crippen molar-refractivity contribution in [1.82, 2.24) is 0 Å². The zero-order valence-corrected chi connectivity index (χ0v) is 13.9. The highest BCUT2D eigenvalue weighted by Gasteiger charge is 2.05. The van der Waals surface area contributed by atoms with Crippen LogP contribution in [-0.2, 0) is 4.79 Å². The van der Waals surface area contributed by atoms with E-state index in [0.717, 1.165) is 16.9 Å². The quantitative estimate of drug-likeness (QED) is 0.777. The third-order valence-electron chi connectivity index (χ3n) is 3.44. The van der Waals surface area contributed by atoms with Gasteiger partial charge in [0.05, 0.1) is 0 Å². The first kappa shape index (κ1) is 17.0. The number of rotatable bonds is 6. The average Bonchev–Trinajstić information content (AvgIpc) is 2.50. The predicted molar refractivity (Wildman–Crippen MR) is 94.4 cm³/mol. The highest BCUT2D eigenvalue weighted by atomic mass is 35.5. The maximum atomic E-state index is 12.0. The summed E-state index contributed by atoms with van der Waals surface area (Å²) in [6.45, 7) is 3.94. The number of carbonyl (C=O) groups is 2. The normalized spacial score (nSPS) is 10.2. The number of hydrogen-bond donors (Lipinski definition) is 2. The lowest BCUT2D eigenvalue weighted by molar-refractivity contribution is -0.115. The molecule has 2 rings (SSSR count). The number of benzene rings is 2. The molecule has 4 nitrogen and oxygen atoms in total. The van der Waals surface area contributed by atoms with Crippen molar-refractivity contribution >= 4 is 34.7 Å². The molecule has 0 aliphatic heterocycles. The summed E-state index contributed by atoms with van der Waals surface area (Å²) >= 11 is 5.89. The topological polar surface area (TPSA) is 58.2 Å². The molecule has 1 amide bonds. The summed E-state index contributed by atoms with van der Waals surface area (Å²) in [4.78, 5) is 23.2. The van der Waals surface area contributed by atoms with Gasteiger partial charge >= 0.3 is 0 Å². The van der Waals surface area contributed by atoms with Gasteiger partial charge in [0.15, 0.2) is 5.78 Å². The van der Waals surface area contributed by atoms with Gasteiger partial charge in [-0.25, -0.2) is 0 Å². The van der Waals surface area contributed by atoms with Crippen molar-refractivity contribution in [2.24, 2.45) is 0 Å². The molecule has 0 aliphatic carbocycles. The molecule has 23 heavy (non-hydrogen) atoms. The Hall–Kier alpha value is -2.33. The van der Waals surface area contributed by atoms with Crippen LogP contribution in [0.15, 0.2) is 42.5 Å². The van der Waals surface area contributed by atoms with E-state index in [-0.39, 0.29) is 11.7 Å². The van der Waals surface area contributed by atoms with Crippen molar-refractivity contribution in [3.05, 3.63) is 58.6 Å². The van der Waals surface area contributed by atoms with Crippen LogP contribution in [0.5, 0.6) is 0 Å². The number of carbonyl (C=O) groups excluding carboxylic acids is 2. The summed E-state index contributed by atoms with van der Waals surface area (Å²) in [5, 5.41) is 6.67. The van der Waals surface area contributed by atoms with E-state index in [1.807, 2.05) is 25.1 Å². The minimum Gasteiger partial charge on any atom is -0.385 e. The smallest absolute Gasteiger partial charge is 0.226 e. The summed E-state index contributed by atoms with van der Waals surface area (Å²) < 4.78 is 0. The van der Waals surface area contributed by atoms with Crippen LogP contribution in [0.1, 0.15) is 29.3 Å². The molecule has 0 unspecified atom stereocenters. The van der Waals surface area contributed by atoms with E-state index in [1.165, 1.54) is 6.92 Å². The monoisotopic (exact) mass is 330 g/mol. The summed E-state index contributed by atoms with van der Waals surface area (Å²) in [5.74, 6) is -0.0301. The summed E-state index contributed by atoms with van der Waals surface area (Å²) in [6.07, 6.45) is 0.344. The number of nitrogens with one attached hydrogen (secondary N) is 2. The SMILES string of the molecule is CC(=O)c1ccc(NCCC(=O)Nc2ccc(Cl)cc2C)cc1. The molecular formula is C18H19ClN2O2. The summed E-state index contributed by atoms with van der Waals surface area (Å²) in [5.41, 5.74) is 3.25. The Morgan fingerprint density at radius 2 is 1.78 bits per heavy atom. The second-order valence-corrected chi connectivity index (χ2v) is 5.75. The van der Waals surface area contributed by atoms with Crippen LogP contribution < -0.4 is 10.6 Å². The minimum absolute atomic E-state index is 0.0364. The van der Waals surface area contributed by atoms with Crippen LogP contribution in [0.25, 0.3) is 0 Å². The fourth-order valence-corrected chi connectivity index (χ4v) is 2.35. The molecule has 0 fully saturated rings.